The van der Waals surface area contributed by atoms with Crippen molar-refractivity contribution in [3.63, 3.8) is 0 Å². The number of hydrogen-bond donors (Lipinski definition) is 4. The maximum Gasteiger partial charge on any atom is 0.255 e. The van der Waals surface area contributed by atoms with E-state index in [4.69, 9.17) is 4.98 Å². The number of thiazole rings is 1. The summed E-state index contributed by atoms with van der Waals surface area (Å²) >= 11 is 1.39. The van der Waals surface area contributed by atoms with Crippen molar-refractivity contribution in [2.45, 2.75) is 25.5 Å². The van der Waals surface area contributed by atoms with Crippen molar-refractivity contribution in [2.24, 2.45) is 0 Å². The first kappa shape index (κ1) is 33.2. The molecule has 0 bridgehead atoms. The van der Waals surface area contributed by atoms with Crippen LogP contribution in [-0.2, 0) is 11.2 Å². The summed E-state index contributed by atoms with van der Waals surface area (Å²) in [5.41, 5.74) is 6.17. The molecule has 3 aromatic carbocycles. The van der Waals surface area contributed by atoms with E-state index in [9.17, 15) is 14.7 Å². The number of nitrogens with one attached hydrogen (secondary N) is 3. The van der Waals surface area contributed by atoms with Gasteiger partial charge < -0.3 is 25.6 Å². The van der Waals surface area contributed by atoms with Crippen LogP contribution in [0.15, 0.2) is 115 Å². The van der Waals surface area contributed by atoms with Crippen LogP contribution in [0.3, 0.4) is 0 Å². The van der Waals surface area contributed by atoms with E-state index in [2.05, 4.69) is 35.9 Å². The molecule has 4 heterocycles. The Balaban J connectivity index is 1.21. The summed E-state index contributed by atoms with van der Waals surface area (Å²) in [7, 11) is 1.57. The first-order valence-corrected chi connectivity index (χ1v) is 17.0. The Labute approximate surface area is 297 Å². The summed E-state index contributed by atoms with van der Waals surface area (Å²) in [6.07, 6.45) is 5.58. The minimum absolute atomic E-state index is 0.248. The first-order valence-electron chi connectivity index (χ1n) is 16.2. The Morgan fingerprint density at radius 3 is 2.55 bits per heavy atom. The molecule has 7 aromatic rings. The summed E-state index contributed by atoms with van der Waals surface area (Å²) in [6.45, 7) is 1.93. The van der Waals surface area contributed by atoms with Crippen LogP contribution in [0.5, 0.6) is 0 Å². The highest BCUT2D eigenvalue weighted by Gasteiger charge is 2.32. The summed E-state index contributed by atoms with van der Waals surface area (Å²) in [5, 5.41) is 23.2. The number of imidazole rings is 1. The average molecular weight is 696 g/mol. The van der Waals surface area contributed by atoms with Crippen molar-refractivity contribution in [1.29, 1.82) is 0 Å². The number of hydrogen-bond acceptors (Lipinski definition) is 10. The zero-order chi connectivity index (χ0) is 35.3. The Morgan fingerprint density at radius 2 is 1.78 bits per heavy atom. The van der Waals surface area contributed by atoms with Crippen molar-refractivity contribution in [2.75, 3.05) is 17.7 Å². The van der Waals surface area contributed by atoms with Crippen LogP contribution in [0.2, 0.25) is 0 Å². The fraction of sp³-hybridized carbons (Fsp3) is 0.132. The highest BCUT2D eigenvalue weighted by Crippen LogP contribution is 2.34. The lowest BCUT2D eigenvalue weighted by atomic mass is 9.99. The van der Waals surface area contributed by atoms with E-state index < -0.39 is 18.1 Å². The minimum atomic E-state index is -1.52. The maximum atomic E-state index is 14.0. The largest absolute Gasteiger partial charge is 0.381 e. The summed E-state index contributed by atoms with van der Waals surface area (Å²) < 4.78 is 1.85. The van der Waals surface area contributed by atoms with Gasteiger partial charge in [-0.3, -0.25) is 14.6 Å². The normalized spacial score (nSPS) is 12.3. The van der Waals surface area contributed by atoms with E-state index in [1.165, 1.54) is 11.3 Å². The zero-order valence-corrected chi connectivity index (χ0v) is 28.5. The van der Waals surface area contributed by atoms with Crippen molar-refractivity contribution in [1.82, 2.24) is 34.8 Å². The number of aromatic nitrogens is 6. The van der Waals surface area contributed by atoms with Crippen LogP contribution < -0.4 is 16.0 Å². The molecule has 0 unspecified atom stereocenters. The van der Waals surface area contributed by atoms with E-state index in [1.807, 2.05) is 71.5 Å². The van der Waals surface area contributed by atoms with E-state index in [1.54, 1.807) is 62.2 Å². The van der Waals surface area contributed by atoms with Gasteiger partial charge in [0, 0.05) is 59.7 Å². The third-order valence-electron chi connectivity index (χ3n) is 8.42. The van der Waals surface area contributed by atoms with Gasteiger partial charge in [-0.2, -0.15) is 0 Å². The summed E-state index contributed by atoms with van der Waals surface area (Å²) in [4.78, 5) is 49.1. The number of aryl methyl sites for hydroxylation is 1. The SMILES string of the molecule is CNC(=O)c1ccc2c(c1)nc(-c1nccs1)n2[C@H](Cc1ccccc1)[C@H](O)C(=O)Nc1ccc(C)c(Nc2nccc(-c3cccnc3)n2)c1. The van der Waals surface area contributed by atoms with Gasteiger partial charge in [0.2, 0.25) is 5.95 Å². The molecule has 254 valence electrons. The highest BCUT2D eigenvalue weighted by molar-refractivity contribution is 7.13. The Bertz CT molecular complexity index is 2310. The zero-order valence-electron chi connectivity index (χ0n) is 27.7. The van der Waals surface area contributed by atoms with Crippen molar-refractivity contribution in [3.8, 4) is 22.1 Å². The van der Waals surface area contributed by atoms with Gasteiger partial charge in [0.1, 0.15) is 0 Å². The fourth-order valence-corrected chi connectivity index (χ4v) is 6.47. The van der Waals surface area contributed by atoms with Gasteiger partial charge in [0.15, 0.2) is 16.9 Å². The number of carbonyl (C=O) groups excluding carboxylic acids is 2. The highest BCUT2D eigenvalue weighted by atomic mass is 32.1. The van der Waals surface area contributed by atoms with E-state index in [0.29, 0.717) is 56.9 Å². The van der Waals surface area contributed by atoms with E-state index >= 15 is 0 Å². The van der Waals surface area contributed by atoms with Crippen LogP contribution in [0.4, 0.5) is 17.3 Å². The molecule has 0 saturated carbocycles. The van der Waals surface area contributed by atoms with Crippen molar-refractivity contribution < 1.29 is 14.7 Å². The number of aliphatic hydroxyl groups excluding tert-OH is 1. The molecule has 0 spiro atoms. The van der Waals surface area contributed by atoms with Crippen LogP contribution in [-0.4, -0.2) is 59.6 Å². The molecule has 0 fully saturated rings. The monoisotopic (exact) mass is 695 g/mol. The fourth-order valence-electron chi connectivity index (χ4n) is 5.84. The number of nitrogens with zero attached hydrogens (tertiary/aromatic N) is 6. The van der Waals surface area contributed by atoms with Gasteiger partial charge in [-0.05, 0) is 73.0 Å². The minimum Gasteiger partial charge on any atom is -0.381 e. The third kappa shape index (κ3) is 7.20. The van der Waals surface area contributed by atoms with Crippen LogP contribution in [0, 0.1) is 6.92 Å². The number of benzene rings is 3. The van der Waals surface area contributed by atoms with Crippen LogP contribution in [0.25, 0.3) is 33.1 Å². The molecule has 7 rings (SSSR count). The molecule has 0 aliphatic rings. The molecule has 0 radical (unpaired) electrons. The molecule has 4 N–H and O–H groups in total. The lowest BCUT2D eigenvalue weighted by Gasteiger charge is -2.26. The van der Waals surface area contributed by atoms with Crippen LogP contribution in [0.1, 0.15) is 27.5 Å². The van der Waals surface area contributed by atoms with Crippen molar-refractivity contribution >= 4 is 51.5 Å². The van der Waals surface area contributed by atoms with Gasteiger partial charge in [0.25, 0.3) is 11.8 Å². The molecule has 0 aliphatic heterocycles. The predicted molar refractivity (Wildman–Crippen MR) is 198 cm³/mol. The molecule has 4 aromatic heterocycles. The van der Waals surface area contributed by atoms with Crippen LogP contribution >= 0.6 is 11.3 Å². The lowest BCUT2D eigenvalue weighted by molar-refractivity contribution is -0.126. The lowest BCUT2D eigenvalue weighted by Crippen LogP contribution is -2.37. The van der Waals surface area contributed by atoms with Crippen molar-refractivity contribution in [3.05, 3.63) is 132 Å². The summed E-state index contributed by atoms with van der Waals surface area (Å²) in [5.74, 6) is 0.0148. The standard InChI is InChI=1S/C38H33N9O3S/c1-23-10-12-27(21-29(23)46-38-42-16-14-28(45-38)26-9-6-15-40-22-26)43-36(50)33(48)32(19-24-7-4-3-5-8-24)47-31-13-11-25(35(49)39-2)20-30(31)44-34(47)37-41-17-18-51-37/h3-18,20-22,32-33,48H,19H2,1-2H3,(H,39,49)(H,43,50)(H,42,45,46)/t32-,33+/m1/s1. The molecule has 13 heteroatoms. The second kappa shape index (κ2) is 14.7. The maximum absolute atomic E-state index is 14.0. The average Bonchev–Trinajstić information content (AvgIpc) is 3.84. The number of amides is 2. The Hall–Kier alpha value is -6.31. The smallest absolute Gasteiger partial charge is 0.255 e. The van der Waals surface area contributed by atoms with Gasteiger partial charge in [-0.25, -0.2) is 19.9 Å². The molecule has 12 nitrogen and oxygen atoms in total. The van der Waals surface area contributed by atoms with E-state index in [-0.39, 0.29) is 5.91 Å². The number of anilines is 3. The second-order valence-corrected chi connectivity index (χ2v) is 12.7. The van der Waals surface area contributed by atoms with Gasteiger partial charge in [0.05, 0.1) is 22.8 Å². The van der Waals surface area contributed by atoms with Gasteiger partial charge >= 0.3 is 0 Å². The molecule has 2 amide bonds. The van der Waals surface area contributed by atoms with Gasteiger partial charge in [-0.15, -0.1) is 11.3 Å². The number of aliphatic hydroxyl groups is 1. The summed E-state index contributed by atoms with van der Waals surface area (Å²) in [6, 6.07) is 25.0. The molecular formula is C38H33N9O3S. The molecule has 0 aliphatic carbocycles. The topological polar surface area (TPSA) is 160 Å². The second-order valence-electron chi connectivity index (χ2n) is 11.8. The molecule has 2 atom stereocenters. The van der Waals surface area contributed by atoms with Gasteiger partial charge in [-0.1, -0.05) is 36.4 Å². The molecule has 51 heavy (non-hydrogen) atoms. The van der Waals surface area contributed by atoms with E-state index in [0.717, 1.165) is 16.7 Å². The molecule has 0 saturated heterocycles. The Kier molecular flexibility index (Phi) is 9.55. The number of carbonyl (C=O) groups is 2. The third-order valence-corrected chi connectivity index (χ3v) is 9.19. The first-order chi connectivity index (χ1) is 24.9. The number of fused-ring (bicyclic) bond motifs is 1. The molecular weight excluding hydrogens is 663 g/mol. The number of pyridine rings is 1. The Morgan fingerprint density at radius 1 is 0.922 bits per heavy atom. The predicted octanol–water partition coefficient (Wildman–Crippen LogP) is 6.21. The number of rotatable bonds is 11. The quantitative estimate of drug-likeness (QED) is 0.123.